The van der Waals surface area contributed by atoms with Crippen LogP contribution in [-0.4, -0.2) is 22.7 Å². The molecule has 1 N–H and O–H groups in total. The highest BCUT2D eigenvalue weighted by atomic mass is 32.2. The maximum atomic E-state index is 13.0. The Morgan fingerprint density at radius 3 is 2.58 bits per heavy atom. The van der Waals surface area contributed by atoms with E-state index in [-0.39, 0.29) is 0 Å². The molecule has 0 unspecified atom stereocenters. The lowest BCUT2D eigenvalue weighted by molar-refractivity contribution is 0.430. The SMILES string of the molecule is Cc1ccc(S(=O)(=O)N2Cc3ncc4[nH]c5ccccc5c4c3C2)cc1. The molecule has 0 bridgehead atoms. The van der Waals surface area contributed by atoms with Gasteiger partial charge >= 0.3 is 0 Å². The summed E-state index contributed by atoms with van der Waals surface area (Å²) in [5, 5.41) is 2.18. The van der Waals surface area contributed by atoms with Gasteiger partial charge in [0.2, 0.25) is 10.0 Å². The fourth-order valence-electron chi connectivity index (χ4n) is 3.68. The third-order valence-corrected chi connectivity index (χ3v) is 6.86. The van der Waals surface area contributed by atoms with Gasteiger partial charge in [0.05, 0.1) is 28.8 Å². The molecule has 3 heterocycles. The molecule has 0 fully saturated rings. The third kappa shape index (κ3) is 2.19. The first-order valence-corrected chi connectivity index (χ1v) is 9.92. The number of rotatable bonds is 2. The lowest BCUT2D eigenvalue weighted by Gasteiger charge is -2.15. The van der Waals surface area contributed by atoms with Crippen molar-refractivity contribution < 1.29 is 8.42 Å². The number of aryl methyl sites for hydroxylation is 1. The molecule has 1 aliphatic rings. The van der Waals surface area contributed by atoms with Crippen molar-refractivity contribution >= 4 is 31.8 Å². The zero-order valence-electron chi connectivity index (χ0n) is 14.2. The smallest absolute Gasteiger partial charge is 0.243 e. The van der Waals surface area contributed by atoms with Crippen LogP contribution in [0.25, 0.3) is 21.8 Å². The number of benzene rings is 2. The summed E-state index contributed by atoms with van der Waals surface area (Å²) in [4.78, 5) is 8.21. The number of para-hydroxylation sites is 1. The van der Waals surface area contributed by atoms with Crippen LogP contribution in [0.3, 0.4) is 0 Å². The number of aromatic nitrogens is 2. The summed E-state index contributed by atoms with van der Waals surface area (Å²) >= 11 is 0. The van der Waals surface area contributed by atoms with Crippen LogP contribution in [0.2, 0.25) is 0 Å². The number of nitrogens with one attached hydrogen (secondary N) is 1. The number of nitrogens with zero attached hydrogens (tertiary/aromatic N) is 2. The first-order valence-electron chi connectivity index (χ1n) is 8.48. The van der Waals surface area contributed by atoms with E-state index in [1.54, 1.807) is 18.3 Å². The molecule has 130 valence electrons. The van der Waals surface area contributed by atoms with Crippen LogP contribution in [0.15, 0.2) is 59.6 Å². The van der Waals surface area contributed by atoms with Crippen LogP contribution in [0.1, 0.15) is 16.8 Å². The second kappa shape index (κ2) is 5.40. The van der Waals surface area contributed by atoms with E-state index in [1.807, 2.05) is 37.3 Å². The molecule has 5 rings (SSSR count). The number of hydrogen-bond acceptors (Lipinski definition) is 3. The Bertz CT molecular complexity index is 1260. The molecule has 4 aromatic rings. The van der Waals surface area contributed by atoms with E-state index in [4.69, 9.17) is 0 Å². The maximum absolute atomic E-state index is 13.0. The Kier molecular flexibility index (Phi) is 3.23. The molecule has 2 aromatic heterocycles. The maximum Gasteiger partial charge on any atom is 0.243 e. The number of pyridine rings is 1. The Hall–Kier alpha value is -2.70. The highest BCUT2D eigenvalue weighted by molar-refractivity contribution is 7.89. The van der Waals surface area contributed by atoms with E-state index in [0.717, 1.165) is 38.6 Å². The lowest BCUT2D eigenvalue weighted by Crippen LogP contribution is -2.25. The Labute approximate surface area is 151 Å². The lowest BCUT2D eigenvalue weighted by atomic mass is 10.1. The zero-order valence-corrected chi connectivity index (χ0v) is 15.0. The molecule has 0 aliphatic carbocycles. The summed E-state index contributed by atoms with van der Waals surface area (Å²) in [6.45, 7) is 2.60. The van der Waals surface area contributed by atoms with Gasteiger partial charge in [-0.25, -0.2) is 8.42 Å². The average Bonchev–Trinajstić information content (AvgIpc) is 3.23. The second-order valence-electron chi connectivity index (χ2n) is 6.73. The predicted molar refractivity (Wildman–Crippen MR) is 101 cm³/mol. The molecule has 0 saturated heterocycles. The summed E-state index contributed by atoms with van der Waals surface area (Å²) in [5.41, 5.74) is 4.85. The number of sulfonamides is 1. The topological polar surface area (TPSA) is 66.1 Å². The molecule has 0 spiro atoms. The van der Waals surface area contributed by atoms with Gasteiger partial charge in [0, 0.05) is 28.4 Å². The number of fused-ring (bicyclic) bond motifs is 5. The van der Waals surface area contributed by atoms with E-state index in [2.05, 4.69) is 16.0 Å². The minimum Gasteiger partial charge on any atom is -0.353 e. The van der Waals surface area contributed by atoms with Crippen molar-refractivity contribution in [3.63, 3.8) is 0 Å². The van der Waals surface area contributed by atoms with Crippen molar-refractivity contribution in [2.45, 2.75) is 24.9 Å². The largest absolute Gasteiger partial charge is 0.353 e. The minimum absolute atomic E-state index is 0.307. The van der Waals surface area contributed by atoms with Crippen molar-refractivity contribution in [3.05, 3.63) is 71.5 Å². The molecule has 0 saturated carbocycles. The van der Waals surface area contributed by atoms with Crippen molar-refractivity contribution in [1.29, 1.82) is 0 Å². The van der Waals surface area contributed by atoms with Crippen LogP contribution < -0.4 is 0 Å². The first kappa shape index (κ1) is 15.5. The molecule has 0 radical (unpaired) electrons. The van der Waals surface area contributed by atoms with E-state index in [1.165, 1.54) is 4.31 Å². The van der Waals surface area contributed by atoms with Gasteiger partial charge in [-0.3, -0.25) is 4.98 Å². The first-order chi connectivity index (χ1) is 12.5. The van der Waals surface area contributed by atoms with Gasteiger partial charge in [0.15, 0.2) is 0 Å². The quantitative estimate of drug-likeness (QED) is 0.590. The molecule has 0 atom stereocenters. The van der Waals surface area contributed by atoms with Crippen LogP contribution in [0.4, 0.5) is 0 Å². The van der Waals surface area contributed by atoms with Crippen molar-refractivity contribution in [2.75, 3.05) is 0 Å². The Balaban J connectivity index is 1.63. The van der Waals surface area contributed by atoms with Gasteiger partial charge in [0.25, 0.3) is 0 Å². The molecular formula is C20H17N3O2S. The van der Waals surface area contributed by atoms with E-state index in [0.29, 0.717) is 18.0 Å². The average molecular weight is 363 g/mol. The highest BCUT2D eigenvalue weighted by Crippen LogP contribution is 2.35. The highest BCUT2D eigenvalue weighted by Gasteiger charge is 2.33. The monoisotopic (exact) mass is 363 g/mol. The molecule has 2 aromatic carbocycles. The molecule has 6 heteroatoms. The summed E-state index contributed by atoms with van der Waals surface area (Å²) in [7, 11) is -3.55. The number of H-pyrrole nitrogens is 1. The van der Waals surface area contributed by atoms with Crippen LogP contribution in [0.5, 0.6) is 0 Å². The fraction of sp³-hybridized carbons (Fsp3) is 0.150. The minimum atomic E-state index is -3.55. The standard InChI is InChI=1S/C20H17N3O2S/c1-13-6-8-14(9-7-13)26(24,25)23-11-16-19(12-23)21-10-18-20(16)15-4-2-3-5-17(15)22-18/h2-10,22H,11-12H2,1H3. The van der Waals surface area contributed by atoms with Crippen molar-refractivity contribution in [3.8, 4) is 0 Å². The summed E-state index contributed by atoms with van der Waals surface area (Å²) in [6.07, 6.45) is 1.80. The summed E-state index contributed by atoms with van der Waals surface area (Å²) < 4.78 is 27.6. The number of aromatic amines is 1. The molecule has 5 nitrogen and oxygen atoms in total. The molecule has 26 heavy (non-hydrogen) atoms. The summed E-state index contributed by atoms with van der Waals surface area (Å²) in [5.74, 6) is 0. The van der Waals surface area contributed by atoms with Gasteiger partial charge in [0.1, 0.15) is 0 Å². The van der Waals surface area contributed by atoms with Gasteiger partial charge in [-0.05, 0) is 25.1 Å². The fourth-order valence-corrected chi connectivity index (χ4v) is 5.05. The van der Waals surface area contributed by atoms with Gasteiger partial charge in [-0.1, -0.05) is 35.9 Å². The van der Waals surface area contributed by atoms with Crippen LogP contribution in [-0.2, 0) is 23.1 Å². The van der Waals surface area contributed by atoms with E-state index in [9.17, 15) is 8.42 Å². The van der Waals surface area contributed by atoms with Crippen molar-refractivity contribution in [2.24, 2.45) is 0 Å². The van der Waals surface area contributed by atoms with Gasteiger partial charge in [-0.2, -0.15) is 4.31 Å². The predicted octanol–water partition coefficient (Wildman–Crippen LogP) is 3.73. The van der Waals surface area contributed by atoms with Crippen LogP contribution >= 0.6 is 0 Å². The van der Waals surface area contributed by atoms with Crippen LogP contribution in [0, 0.1) is 6.92 Å². The molecular weight excluding hydrogens is 346 g/mol. The number of hydrogen-bond donors (Lipinski definition) is 1. The van der Waals surface area contributed by atoms with E-state index < -0.39 is 10.0 Å². The Morgan fingerprint density at radius 1 is 1.00 bits per heavy atom. The normalized spacial score (nSPS) is 15.0. The molecule has 1 aliphatic heterocycles. The zero-order chi connectivity index (χ0) is 17.9. The summed E-state index contributed by atoms with van der Waals surface area (Å²) in [6, 6.07) is 15.1. The van der Waals surface area contributed by atoms with Gasteiger partial charge < -0.3 is 4.98 Å². The molecule has 0 amide bonds. The van der Waals surface area contributed by atoms with Gasteiger partial charge in [-0.15, -0.1) is 0 Å². The second-order valence-corrected chi connectivity index (χ2v) is 8.67. The third-order valence-electron chi connectivity index (χ3n) is 5.05. The van der Waals surface area contributed by atoms with E-state index >= 15 is 0 Å². The Morgan fingerprint density at radius 2 is 1.77 bits per heavy atom. The van der Waals surface area contributed by atoms with Crippen molar-refractivity contribution in [1.82, 2.24) is 14.3 Å².